The number of benzene rings is 1. The molecule has 0 saturated carbocycles. The van der Waals surface area contributed by atoms with Crippen molar-refractivity contribution >= 4 is 27.5 Å². The van der Waals surface area contributed by atoms with Crippen molar-refractivity contribution in [2.24, 2.45) is 0 Å². The van der Waals surface area contributed by atoms with Crippen LogP contribution in [0.1, 0.15) is 29.3 Å². The van der Waals surface area contributed by atoms with Crippen LogP contribution in [0, 0.1) is 0 Å². The maximum absolute atomic E-state index is 12.5. The van der Waals surface area contributed by atoms with Gasteiger partial charge in [0.15, 0.2) is 0 Å². The summed E-state index contributed by atoms with van der Waals surface area (Å²) in [7, 11) is 0. The highest BCUT2D eigenvalue weighted by Crippen LogP contribution is 2.26. The number of thiophene rings is 1. The minimum atomic E-state index is 0.0247. The molecule has 1 aromatic carbocycles. The number of amides is 2. The predicted octanol–water partition coefficient (Wildman–Crippen LogP) is 3.71. The molecule has 1 atom stereocenters. The van der Waals surface area contributed by atoms with E-state index in [1.165, 1.54) is 15.0 Å². The fourth-order valence-electron chi connectivity index (χ4n) is 3.31. The van der Waals surface area contributed by atoms with E-state index in [9.17, 15) is 4.79 Å². The van der Waals surface area contributed by atoms with E-state index in [-0.39, 0.29) is 6.03 Å². The van der Waals surface area contributed by atoms with E-state index >= 15 is 0 Å². The molecule has 124 valence electrons. The fourth-order valence-corrected chi connectivity index (χ4v) is 4.31. The van der Waals surface area contributed by atoms with Gasteiger partial charge < -0.3 is 10.2 Å². The first-order valence-corrected chi connectivity index (χ1v) is 9.11. The summed E-state index contributed by atoms with van der Waals surface area (Å²) >= 11 is 1.74. The number of carbonyl (C=O) groups excluding carboxylic acids is 1. The number of rotatable bonds is 3. The molecule has 0 radical (unpaired) electrons. The van der Waals surface area contributed by atoms with Crippen molar-refractivity contribution < 1.29 is 4.79 Å². The second-order valence-electron chi connectivity index (χ2n) is 6.21. The summed E-state index contributed by atoms with van der Waals surface area (Å²) in [5.41, 5.74) is 1.12. The summed E-state index contributed by atoms with van der Waals surface area (Å²) in [6.07, 6.45) is 3.90. The van der Waals surface area contributed by atoms with Crippen molar-refractivity contribution in [3.8, 4) is 0 Å². The minimum Gasteiger partial charge on any atom is -0.333 e. The number of aromatic nitrogens is 2. The Balaban J connectivity index is 1.37. The van der Waals surface area contributed by atoms with Gasteiger partial charge >= 0.3 is 6.03 Å². The van der Waals surface area contributed by atoms with E-state index in [1.807, 2.05) is 23.1 Å². The van der Waals surface area contributed by atoms with E-state index in [0.29, 0.717) is 12.5 Å². The molecule has 0 bridgehead atoms. The third-order valence-corrected chi connectivity index (χ3v) is 5.68. The van der Waals surface area contributed by atoms with Gasteiger partial charge in [0.25, 0.3) is 0 Å². The summed E-state index contributed by atoms with van der Waals surface area (Å²) in [5, 5.41) is 11.4. The van der Waals surface area contributed by atoms with E-state index in [4.69, 9.17) is 0 Å². The summed E-state index contributed by atoms with van der Waals surface area (Å²) in [5.74, 6) is 0.358. The largest absolute Gasteiger partial charge is 0.333 e. The molecule has 2 amide bonds. The van der Waals surface area contributed by atoms with Crippen LogP contribution in [-0.2, 0) is 6.54 Å². The Labute approximate surface area is 144 Å². The highest BCUT2D eigenvalue weighted by atomic mass is 32.1. The van der Waals surface area contributed by atoms with Crippen molar-refractivity contribution in [3.05, 3.63) is 53.2 Å². The number of fused-ring (bicyclic) bond motifs is 1. The molecule has 6 heteroatoms. The number of hydrogen-bond donors (Lipinski definition) is 2. The summed E-state index contributed by atoms with van der Waals surface area (Å²) in [4.78, 5) is 15.6. The molecule has 1 fully saturated rings. The Morgan fingerprint density at radius 1 is 1.38 bits per heavy atom. The Kier molecular flexibility index (Phi) is 4.21. The minimum absolute atomic E-state index is 0.0247. The topological polar surface area (TPSA) is 61.0 Å². The predicted molar refractivity (Wildman–Crippen MR) is 96.2 cm³/mol. The van der Waals surface area contributed by atoms with Crippen LogP contribution >= 0.6 is 11.3 Å². The van der Waals surface area contributed by atoms with E-state index in [1.54, 1.807) is 17.5 Å². The molecule has 2 aromatic heterocycles. The second-order valence-corrected chi connectivity index (χ2v) is 7.37. The first kappa shape index (κ1) is 15.2. The lowest BCUT2D eigenvalue weighted by molar-refractivity contribution is 0.178. The molecule has 0 aliphatic carbocycles. The van der Waals surface area contributed by atoms with Crippen molar-refractivity contribution in [2.45, 2.75) is 25.3 Å². The van der Waals surface area contributed by atoms with Gasteiger partial charge in [-0.25, -0.2) is 4.79 Å². The lowest BCUT2D eigenvalue weighted by Crippen LogP contribution is -2.44. The zero-order valence-corrected chi connectivity index (χ0v) is 14.2. The molecule has 1 aliphatic heterocycles. The van der Waals surface area contributed by atoms with Crippen LogP contribution in [0.5, 0.6) is 0 Å². The lowest BCUT2D eigenvalue weighted by atomic mass is 9.95. The molecular formula is C18H20N4OS. The standard InChI is InChI=1S/C18H20N4OS/c23-18(19-11-15-10-13-4-1-2-6-17(13)24-15)22-9-3-5-14(12-22)16-7-8-20-21-16/h1-2,4,6-8,10,14H,3,5,9,11-12H2,(H,19,23)(H,20,21). The third kappa shape index (κ3) is 3.14. The first-order valence-electron chi connectivity index (χ1n) is 8.29. The van der Waals surface area contributed by atoms with Gasteiger partial charge in [0.1, 0.15) is 0 Å². The van der Waals surface area contributed by atoms with Crippen LogP contribution in [0.4, 0.5) is 4.79 Å². The summed E-state index contributed by atoms with van der Waals surface area (Å²) in [6.45, 7) is 2.16. The Morgan fingerprint density at radius 2 is 2.29 bits per heavy atom. The van der Waals surface area contributed by atoms with Gasteiger partial charge in [-0.2, -0.15) is 5.10 Å². The Bertz CT molecular complexity index is 794. The average molecular weight is 340 g/mol. The Morgan fingerprint density at radius 3 is 3.12 bits per heavy atom. The van der Waals surface area contributed by atoms with Crippen molar-refractivity contribution in [3.63, 3.8) is 0 Å². The van der Waals surface area contributed by atoms with Gasteiger partial charge in [0, 0.05) is 40.5 Å². The smallest absolute Gasteiger partial charge is 0.317 e. The van der Waals surface area contributed by atoms with Crippen LogP contribution in [0.2, 0.25) is 0 Å². The number of urea groups is 1. The van der Waals surface area contributed by atoms with Crippen molar-refractivity contribution in [1.82, 2.24) is 20.4 Å². The van der Waals surface area contributed by atoms with Crippen molar-refractivity contribution in [2.75, 3.05) is 13.1 Å². The third-order valence-electron chi connectivity index (χ3n) is 4.56. The number of hydrogen-bond acceptors (Lipinski definition) is 3. The molecule has 2 N–H and O–H groups in total. The normalized spacial score (nSPS) is 18.0. The quantitative estimate of drug-likeness (QED) is 0.763. The SMILES string of the molecule is O=C(NCc1cc2ccccc2s1)N1CCCC(c2ccn[nH]2)C1. The summed E-state index contributed by atoms with van der Waals surface area (Å²) in [6, 6.07) is 12.5. The number of likely N-dealkylation sites (tertiary alicyclic amines) is 1. The van der Waals surface area contributed by atoms with Gasteiger partial charge in [0.2, 0.25) is 0 Å². The van der Waals surface area contributed by atoms with Crippen LogP contribution in [0.3, 0.4) is 0 Å². The monoisotopic (exact) mass is 340 g/mol. The molecule has 1 saturated heterocycles. The molecule has 0 spiro atoms. The van der Waals surface area contributed by atoms with E-state index in [0.717, 1.165) is 31.6 Å². The molecule has 3 aromatic rings. The maximum atomic E-state index is 12.5. The molecule has 4 rings (SSSR count). The fraction of sp³-hybridized carbons (Fsp3) is 0.333. The van der Waals surface area contributed by atoms with Gasteiger partial charge in [-0.3, -0.25) is 5.10 Å². The highest BCUT2D eigenvalue weighted by molar-refractivity contribution is 7.19. The van der Waals surface area contributed by atoms with Gasteiger partial charge in [-0.15, -0.1) is 11.3 Å². The van der Waals surface area contributed by atoms with Crippen LogP contribution in [0.15, 0.2) is 42.6 Å². The van der Waals surface area contributed by atoms with Crippen LogP contribution < -0.4 is 5.32 Å². The zero-order valence-electron chi connectivity index (χ0n) is 13.4. The van der Waals surface area contributed by atoms with Gasteiger partial charge in [-0.05, 0) is 36.4 Å². The molecule has 1 aliphatic rings. The van der Waals surface area contributed by atoms with Crippen LogP contribution in [-0.4, -0.2) is 34.2 Å². The number of nitrogens with one attached hydrogen (secondary N) is 2. The number of H-pyrrole nitrogens is 1. The lowest BCUT2D eigenvalue weighted by Gasteiger charge is -2.32. The maximum Gasteiger partial charge on any atom is 0.317 e. The Hall–Kier alpha value is -2.34. The van der Waals surface area contributed by atoms with Gasteiger partial charge in [-0.1, -0.05) is 18.2 Å². The molecule has 3 heterocycles. The highest BCUT2D eigenvalue weighted by Gasteiger charge is 2.25. The molecular weight excluding hydrogens is 320 g/mol. The second kappa shape index (κ2) is 6.65. The number of aromatic amines is 1. The number of piperidine rings is 1. The first-order chi connectivity index (χ1) is 11.8. The van der Waals surface area contributed by atoms with E-state index < -0.39 is 0 Å². The number of carbonyl (C=O) groups is 1. The zero-order chi connectivity index (χ0) is 16.4. The van der Waals surface area contributed by atoms with E-state index in [2.05, 4.69) is 33.7 Å². The molecule has 5 nitrogen and oxygen atoms in total. The summed E-state index contributed by atoms with van der Waals surface area (Å²) < 4.78 is 1.26. The van der Waals surface area contributed by atoms with Crippen LogP contribution in [0.25, 0.3) is 10.1 Å². The van der Waals surface area contributed by atoms with Crippen molar-refractivity contribution in [1.29, 1.82) is 0 Å². The number of nitrogens with zero attached hydrogens (tertiary/aromatic N) is 2. The van der Waals surface area contributed by atoms with Gasteiger partial charge in [0.05, 0.1) is 6.54 Å². The molecule has 24 heavy (non-hydrogen) atoms. The average Bonchev–Trinajstić information content (AvgIpc) is 3.29. The molecule has 1 unspecified atom stereocenters.